The molecule has 0 saturated carbocycles. The number of halogens is 4. The summed E-state index contributed by atoms with van der Waals surface area (Å²) in [7, 11) is -4.38. The van der Waals surface area contributed by atoms with Crippen LogP contribution >= 0.6 is 11.3 Å². The molecule has 0 saturated heterocycles. The minimum absolute atomic E-state index is 0.0113. The number of aromatic nitrogens is 1. The van der Waals surface area contributed by atoms with Gasteiger partial charge in [-0.3, -0.25) is 4.90 Å². The molecule has 0 fully saturated rings. The monoisotopic (exact) mass is 426 g/mol. The normalized spacial score (nSPS) is 12.8. The second-order valence-corrected chi connectivity index (χ2v) is 8.88. The zero-order valence-corrected chi connectivity index (χ0v) is 15.6. The second-order valence-electron chi connectivity index (χ2n) is 6.18. The summed E-state index contributed by atoms with van der Waals surface area (Å²) in [4.78, 5) is 15.4. The van der Waals surface area contributed by atoms with E-state index in [1.165, 1.54) is 24.7 Å². The zero-order chi connectivity index (χ0) is 20.6. The van der Waals surface area contributed by atoms with Gasteiger partial charge in [-0.25, -0.2) is 22.6 Å². The molecule has 1 aromatic heterocycles. The number of carbonyl (C=O) groups is 1. The van der Waals surface area contributed by atoms with Crippen LogP contribution < -0.4 is 4.90 Å². The predicted molar refractivity (Wildman–Crippen MR) is 90.2 cm³/mol. The fraction of sp³-hybridized carbons (Fsp3) is 0.333. The minimum Gasteiger partial charge on any atom is -0.465 e. The molecule has 0 aliphatic rings. The van der Waals surface area contributed by atoms with Gasteiger partial charge < -0.3 is 5.11 Å². The lowest BCUT2D eigenvalue weighted by Gasteiger charge is -2.34. The smallest absolute Gasteiger partial charge is 0.419 e. The Morgan fingerprint density at radius 1 is 1.30 bits per heavy atom. The quantitative estimate of drug-likeness (QED) is 0.576. The number of rotatable bonds is 5. The highest BCUT2D eigenvalue weighted by Crippen LogP contribution is 2.34. The molecule has 0 unspecified atom stereocenters. The van der Waals surface area contributed by atoms with Crippen molar-refractivity contribution in [1.29, 1.82) is 0 Å². The van der Waals surface area contributed by atoms with Crippen molar-refractivity contribution in [3.05, 3.63) is 40.5 Å². The van der Waals surface area contributed by atoms with Gasteiger partial charge in [0.2, 0.25) is 0 Å². The van der Waals surface area contributed by atoms with Crippen molar-refractivity contribution in [3.8, 4) is 0 Å². The molecule has 1 amide bonds. The maximum absolute atomic E-state index is 13.4. The van der Waals surface area contributed by atoms with Crippen molar-refractivity contribution in [2.45, 2.75) is 30.5 Å². The lowest BCUT2D eigenvalue weighted by Crippen LogP contribution is -2.52. The fourth-order valence-electron chi connectivity index (χ4n) is 2.51. The first kappa shape index (κ1) is 21.1. The van der Waals surface area contributed by atoms with E-state index in [1.807, 2.05) is 0 Å². The second kappa shape index (κ2) is 7.08. The van der Waals surface area contributed by atoms with Crippen LogP contribution in [0.4, 0.5) is 28.2 Å². The first-order valence-corrected chi connectivity index (χ1v) is 9.86. The summed E-state index contributed by atoms with van der Waals surface area (Å²) in [6, 6.07) is 1.33. The number of benzene rings is 1. The molecule has 1 heterocycles. The Morgan fingerprint density at radius 3 is 2.41 bits per heavy atom. The van der Waals surface area contributed by atoms with Crippen molar-refractivity contribution in [3.63, 3.8) is 0 Å². The van der Waals surface area contributed by atoms with Gasteiger partial charge in [-0.05, 0) is 32.0 Å². The maximum Gasteiger partial charge on any atom is 0.419 e. The average Bonchev–Trinajstić information content (AvgIpc) is 2.97. The molecule has 148 valence electrons. The van der Waals surface area contributed by atoms with Gasteiger partial charge in [0.1, 0.15) is 11.6 Å². The number of sulfone groups is 1. The Bertz CT molecular complexity index is 941. The number of hydrogen-bond acceptors (Lipinski definition) is 5. The van der Waals surface area contributed by atoms with E-state index in [0.29, 0.717) is 12.1 Å². The van der Waals surface area contributed by atoms with Crippen LogP contribution in [-0.2, 0) is 16.0 Å². The van der Waals surface area contributed by atoms with Gasteiger partial charge in [0, 0.05) is 5.38 Å². The number of hydrogen-bond donors (Lipinski definition) is 1. The van der Waals surface area contributed by atoms with E-state index in [2.05, 4.69) is 4.98 Å². The fourth-order valence-corrected chi connectivity index (χ4v) is 4.83. The number of amides is 1. The van der Waals surface area contributed by atoms with E-state index in [0.717, 1.165) is 16.2 Å². The average molecular weight is 426 g/mol. The van der Waals surface area contributed by atoms with Gasteiger partial charge in [0.05, 0.1) is 27.3 Å². The van der Waals surface area contributed by atoms with Crippen LogP contribution in [0.1, 0.15) is 19.4 Å². The zero-order valence-electron chi connectivity index (χ0n) is 14.0. The molecule has 12 heteroatoms. The molecule has 2 aromatic rings. The number of alkyl halides is 3. The molecule has 1 aromatic carbocycles. The number of thiazole rings is 1. The third-order valence-corrected chi connectivity index (χ3v) is 6.22. The summed E-state index contributed by atoms with van der Waals surface area (Å²) in [5, 5.41) is 10.8. The van der Waals surface area contributed by atoms with Crippen molar-refractivity contribution in [2.75, 3.05) is 10.7 Å². The first-order chi connectivity index (χ1) is 12.3. The van der Waals surface area contributed by atoms with Gasteiger partial charge in [-0.1, -0.05) is 0 Å². The Kier molecular flexibility index (Phi) is 5.53. The molecular formula is C15H14F4N2O4S2. The maximum atomic E-state index is 13.4. The number of nitrogens with zero attached hydrogens (tertiary/aromatic N) is 2. The van der Waals surface area contributed by atoms with Crippen LogP contribution in [0.5, 0.6) is 0 Å². The van der Waals surface area contributed by atoms with E-state index in [1.54, 1.807) is 0 Å². The third kappa shape index (κ3) is 4.56. The Balaban J connectivity index is 2.44. The van der Waals surface area contributed by atoms with Crippen molar-refractivity contribution < 1.29 is 35.9 Å². The van der Waals surface area contributed by atoms with Crippen LogP contribution in [0, 0.1) is 5.82 Å². The molecule has 0 aliphatic heterocycles. The van der Waals surface area contributed by atoms with E-state index in [9.17, 15) is 35.9 Å². The Hall–Kier alpha value is -2.21. The number of anilines is 1. The molecular weight excluding hydrogens is 412 g/mol. The summed E-state index contributed by atoms with van der Waals surface area (Å²) in [5.74, 6) is -2.45. The Labute approximate surface area is 156 Å². The summed E-state index contributed by atoms with van der Waals surface area (Å²) in [6.07, 6.45) is -6.55. The predicted octanol–water partition coefficient (Wildman–Crippen LogP) is 4.04. The first-order valence-electron chi connectivity index (χ1n) is 7.26. The highest BCUT2D eigenvalue weighted by atomic mass is 32.2. The highest BCUT2D eigenvalue weighted by molar-refractivity contribution is 7.91. The molecule has 27 heavy (non-hydrogen) atoms. The summed E-state index contributed by atoms with van der Waals surface area (Å²) in [5.41, 5.74) is -1.92. The molecule has 0 bridgehead atoms. The van der Waals surface area contributed by atoms with Gasteiger partial charge in [0.25, 0.3) is 0 Å². The molecule has 2 rings (SSSR count). The number of carboxylic acid groups (broad SMARTS) is 1. The SMILES string of the molecule is CC(C)(CS(=O)(=O)c1ccc(F)c(C(F)(F)F)c1)N(C(=O)O)c1cscn1. The minimum atomic E-state index is -5.07. The van der Waals surface area contributed by atoms with Crippen LogP contribution in [0.15, 0.2) is 34.0 Å². The summed E-state index contributed by atoms with van der Waals surface area (Å²) < 4.78 is 77.2. The van der Waals surface area contributed by atoms with Gasteiger partial charge in [-0.2, -0.15) is 13.2 Å². The topological polar surface area (TPSA) is 87.6 Å². The van der Waals surface area contributed by atoms with Crippen LogP contribution in [-0.4, -0.2) is 35.9 Å². The molecule has 0 atom stereocenters. The molecule has 6 nitrogen and oxygen atoms in total. The van der Waals surface area contributed by atoms with Gasteiger partial charge in [-0.15, -0.1) is 11.3 Å². The largest absolute Gasteiger partial charge is 0.465 e. The van der Waals surface area contributed by atoms with Crippen molar-refractivity contribution in [1.82, 2.24) is 4.98 Å². The lowest BCUT2D eigenvalue weighted by molar-refractivity contribution is -0.140. The molecule has 0 aliphatic carbocycles. The van der Waals surface area contributed by atoms with E-state index in [-0.39, 0.29) is 11.9 Å². The van der Waals surface area contributed by atoms with Gasteiger partial charge in [0.15, 0.2) is 9.84 Å². The summed E-state index contributed by atoms with van der Waals surface area (Å²) in [6.45, 7) is 2.60. The van der Waals surface area contributed by atoms with E-state index >= 15 is 0 Å². The summed E-state index contributed by atoms with van der Waals surface area (Å²) >= 11 is 1.09. The molecule has 0 radical (unpaired) electrons. The van der Waals surface area contributed by atoms with Crippen molar-refractivity contribution in [2.24, 2.45) is 0 Å². The molecule has 0 spiro atoms. The van der Waals surface area contributed by atoms with Crippen LogP contribution in [0.3, 0.4) is 0 Å². The lowest BCUT2D eigenvalue weighted by atomic mass is 10.1. The van der Waals surface area contributed by atoms with Crippen LogP contribution in [0.2, 0.25) is 0 Å². The van der Waals surface area contributed by atoms with Crippen LogP contribution in [0.25, 0.3) is 0 Å². The standard InChI is InChI=1S/C15H14F4N2O4S2/c1-14(2,21(13(22)23)12-6-26-8-20-12)7-27(24,25)9-3-4-11(16)10(5-9)15(17,18)19/h3-6,8H,7H2,1-2H3,(H,22,23). The Morgan fingerprint density at radius 2 is 1.93 bits per heavy atom. The van der Waals surface area contributed by atoms with Crippen molar-refractivity contribution >= 4 is 33.1 Å². The van der Waals surface area contributed by atoms with E-state index < -0.39 is 49.7 Å². The molecule has 1 N–H and O–H groups in total. The highest BCUT2D eigenvalue weighted by Gasteiger charge is 2.40. The van der Waals surface area contributed by atoms with Gasteiger partial charge >= 0.3 is 12.3 Å². The van der Waals surface area contributed by atoms with E-state index in [4.69, 9.17) is 0 Å². The third-order valence-electron chi connectivity index (χ3n) is 3.59.